The van der Waals surface area contributed by atoms with Crippen LogP contribution in [0.15, 0.2) is 48.7 Å². The van der Waals surface area contributed by atoms with Gasteiger partial charge in [-0.05, 0) is 36.4 Å². The zero-order valence-electron chi connectivity index (χ0n) is 10.3. The molecule has 0 spiro atoms. The van der Waals surface area contributed by atoms with Crippen molar-refractivity contribution in [2.75, 3.05) is 7.11 Å². The summed E-state index contributed by atoms with van der Waals surface area (Å²) in [5.74, 6) is 0.305. The van der Waals surface area contributed by atoms with Crippen molar-refractivity contribution in [3.8, 4) is 17.0 Å². The molecule has 0 N–H and O–H groups in total. The van der Waals surface area contributed by atoms with E-state index >= 15 is 0 Å². The van der Waals surface area contributed by atoms with Crippen LogP contribution in [0.25, 0.3) is 22.2 Å². The lowest BCUT2D eigenvalue weighted by atomic mass is 10.1. The van der Waals surface area contributed by atoms with E-state index in [4.69, 9.17) is 4.74 Å². The standard InChI is InChI=1S/C15H11FN2O/c1-19-12-4-6-13-10(8-12)2-5-14(18-13)11-3-7-15(16)17-9-11/h2-9H,1H3. The monoisotopic (exact) mass is 254 g/mol. The van der Waals surface area contributed by atoms with E-state index in [-0.39, 0.29) is 0 Å². The Kier molecular flexibility index (Phi) is 2.83. The number of hydrogen-bond acceptors (Lipinski definition) is 3. The number of fused-ring (bicyclic) bond motifs is 1. The second-order valence-corrected chi connectivity index (χ2v) is 4.12. The van der Waals surface area contributed by atoms with Crippen LogP contribution >= 0.6 is 0 Å². The number of hydrogen-bond donors (Lipinski definition) is 0. The van der Waals surface area contributed by atoms with Crippen molar-refractivity contribution in [1.29, 1.82) is 0 Å². The van der Waals surface area contributed by atoms with Crippen molar-refractivity contribution >= 4 is 10.9 Å². The number of methoxy groups -OCH3 is 1. The summed E-state index contributed by atoms with van der Waals surface area (Å²) in [5.41, 5.74) is 2.42. The van der Waals surface area contributed by atoms with Crippen LogP contribution in [0.4, 0.5) is 4.39 Å². The first-order chi connectivity index (χ1) is 9.26. The molecule has 3 nitrogen and oxygen atoms in total. The van der Waals surface area contributed by atoms with Crippen LogP contribution in [0.5, 0.6) is 5.75 Å². The minimum absolute atomic E-state index is 0.491. The van der Waals surface area contributed by atoms with Crippen molar-refractivity contribution in [2.24, 2.45) is 0 Å². The van der Waals surface area contributed by atoms with Crippen molar-refractivity contribution in [3.63, 3.8) is 0 Å². The van der Waals surface area contributed by atoms with Crippen LogP contribution in [0.2, 0.25) is 0 Å². The van der Waals surface area contributed by atoms with Crippen LogP contribution in [0.1, 0.15) is 0 Å². The third kappa shape index (κ3) is 2.25. The fourth-order valence-electron chi connectivity index (χ4n) is 1.92. The SMILES string of the molecule is COc1ccc2nc(-c3ccc(F)nc3)ccc2c1. The second-order valence-electron chi connectivity index (χ2n) is 4.12. The Labute approximate surface area is 109 Å². The average molecular weight is 254 g/mol. The first-order valence-electron chi connectivity index (χ1n) is 5.83. The number of benzene rings is 1. The topological polar surface area (TPSA) is 35.0 Å². The summed E-state index contributed by atoms with van der Waals surface area (Å²) in [4.78, 5) is 8.17. The Bertz CT molecular complexity index is 726. The second kappa shape index (κ2) is 4.65. The van der Waals surface area contributed by atoms with Crippen molar-refractivity contribution in [3.05, 3.63) is 54.6 Å². The van der Waals surface area contributed by atoms with Gasteiger partial charge in [0.15, 0.2) is 0 Å². The Morgan fingerprint density at radius 2 is 1.95 bits per heavy atom. The number of nitrogens with zero attached hydrogens (tertiary/aromatic N) is 2. The molecule has 1 aromatic carbocycles. The highest BCUT2D eigenvalue weighted by Crippen LogP contribution is 2.23. The lowest BCUT2D eigenvalue weighted by Gasteiger charge is -2.05. The zero-order valence-corrected chi connectivity index (χ0v) is 10.3. The summed E-state index contributed by atoms with van der Waals surface area (Å²) in [5, 5.41) is 0.998. The molecule has 94 valence electrons. The summed E-state index contributed by atoms with van der Waals surface area (Å²) in [6.45, 7) is 0. The number of pyridine rings is 2. The molecule has 0 aliphatic rings. The molecule has 0 bridgehead atoms. The lowest BCUT2D eigenvalue weighted by Crippen LogP contribution is -1.89. The van der Waals surface area contributed by atoms with E-state index in [0.717, 1.165) is 27.9 Å². The van der Waals surface area contributed by atoms with E-state index in [1.165, 1.54) is 12.3 Å². The molecule has 2 heterocycles. The average Bonchev–Trinajstić information content (AvgIpc) is 2.47. The highest BCUT2D eigenvalue weighted by molar-refractivity contribution is 5.82. The van der Waals surface area contributed by atoms with E-state index in [9.17, 15) is 4.39 Å². The summed E-state index contributed by atoms with van der Waals surface area (Å²) in [6.07, 6.45) is 1.48. The maximum absolute atomic E-state index is 12.8. The number of rotatable bonds is 2. The Morgan fingerprint density at radius 1 is 1.05 bits per heavy atom. The van der Waals surface area contributed by atoms with Crippen molar-refractivity contribution in [1.82, 2.24) is 9.97 Å². The first-order valence-corrected chi connectivity index (χ1v) is 5.83. The van der Waals surface area contributed by atoms with E-state index in [1.54, 1.807) is 13.2 Å². The molecule has 2 aromatic heterocycles. The third-order valence-electron chi connectivity index (χ3n) is 2.92. The number of ether oxygens (including phenoxy) is 1. The third-order valence-corrected chi connectivity index (χ3v) is 2.92. The molecule has 0 unspecified atom stereocenters. The largest absolute Gasteiger partial charge is 0.497 e. The molecule has 0 amide bonds. The minimum Gasteiger partial charge on any atom is -0.497 e. The van der Waals surface area contributed by atoms with Gasteiger partial charge in [0.25, 0.3) is 0 Å². The van der Waals surface area contributed by atoms with E-state index in [0.29, 0.717) is 0 Å². The van der Waals surface area contributed by atoms with Crippen molar-refractivity contribution < 1.29 is 9.13 Å². The number of aromatic nitrogens is 2. The van der Waals surface area contributed by atoms with Gasteiger partial charge in [0.2, 0.25) is 5.95 Å². The van der Waals surface area contributed by atoms with Gasteiger partial charge in [-0.3, -0.25) is 0 Å². The highest BCUT2D eigenvalue weighted by atomic mass is 19.1. The van der Waals surface area contributed by atoms with Crippen LogP contribution in [0.3, 0.4) is 0 Å². The molecule has 0 fully saturated rings. The Morgan fingerprint density at radius 3 is 2.68 bits per heavy atom. The molecule has 0 aliphatic heterocycles. The maximum Gasteiger partial charge on any atom is 0.212 e. The molecule has 3 rings (SSSR count). The fourth-order valence-corrected chi connectivity index (χ4v) is 1.92. The highest BCUT2D eigenvalue weighted by Gasteiger charge is 2.03. The summed E-state index contributed by atoms with van der Waals surface area (Å²) >= 11 is 0. The quantitative estimate of drug-likeness (QED) is 0.657. The molecule has 0 saturated carbocycles. The molecule has 19 heavy (non-hydrogen) atoms. The predicted molar refractivity (Wildman–Crippen MR) is 71.5 cm³/mol. The smallest absolute Gasteiger partial charge is 0.212 e. The predicted octanol–water partition coefficient (Wildman–Crippen LogP) is 3.44. The van der Waals surface area contributed by atoms with E-state index in [1.807, 2.05) is 30.3 Å². The van der Waals surface area contributed by atoms with Crippen molar-refractivity contribution in [2.45, 2.75) is 0 Å². The van der Waals surface area contributed by atoms with Gasteiger partial charge < -0.3 is 4.74 Å². The Balaban J connectivity index is 2.08. The Hall–Kier alpha value is -2.49. The molecule has 0 atom stereocenters. The van der Waals surface area contributed by atoms with Crippen LogP contribution in [-0.2, 0) is 0 Å². The summed E-state index contributed by atoms with van der Waals surface area (Å²) < 4.78 is 18.0. The van der Waals surface area contributed by atoms with E-state index < -0.39 is 5.95 Å². The molecular weight excluding hydrogens is 243 g/mol. The van der Waals surface area contributed by atoms with Gasteiger partial charge in [-0.2, -0.15) is 4.39 Å². The molecule has 0 saturated heterocycles. The maximum atomic E-state index is 12.8. The van der Waals surface area contributed by atoms with Gasteiger partial charge >= 0.3 is 0 Å². The molecule has 4 heteroatoms. The van der Waals surface area contributed by atoms with Gasteiger partial charge in [-0.1, -0.05) is 6.07 Å². The van der Waals surface area contributed by atoms with Gasteiger partial charge in [-0.25, -0.2) is 9.97 Å². The van der Waals surface area contributed by atoms with Crippen LogP contribution in [-0.4, -0.2) is 17.1 Å². The first kappa shape index (κ1) is 11.6. The minimum atomic E-state index is -0.491. The summed E-state index contributed by atoms with van der Waals surface area (Å²) in [7, 11) is 1.63. The van der Waals surface area contributed by atoms with Gasteiger partial charge in [0, 0.05) is 17.1 Å². The molecular formula is C15H11FN2O. The molecule has 3 aromatic rings. The number of halogens is 1. The van der Waals surface area contributed by atoms with Gasteiger partial charge in [0.1, 0.15) is 5.75 Å². The molecule has 0 aliphatic carbocycles. The van der Waals surface area contributed by atoms with Gasteiger partial charge in [-0.15, -0.1) is 0 Å². The summed E-state index contributed by atoms with van der Waals surface area (Å²) in [6, 6.07) is 12.5. The normalized spacial score (nSPS) is 10.6. The fraction of sp³-hybridized carbons (Fsp3) is 0.0667. The van der Waals surface area contributed by atoms with Crippen LogP contribution in [0, 0.1) is 5.95 Å². The zero-order chi connectivity index (χ0) is 13.2. The van der Waals surface area contributed by atoms with Gasteiger partial charge in [0.05, 0.1) is 18.3 Å². The molecule has 0 radical (unpaired) electrons. The van der Waals surface area contributed by atoms with Crippen LogP contribution < -0.4 is 4.74 Å². The van der Waals surface area contributed by atoms with E-state index in [2.05, 4.69) is 9.97 Å². The lowest BCUT2D eigenvalue weighted by molar-refractivity contribution is 0.415.